The third-order valence-corrected chi connectivity index (χ3v) is 2.89. The highest BCUT2D eigenvalue weighted by molar-refractivity contribution is 5.78. The molecule has 0 aliphatic carbocycles. The number of unbranched alkanes of at least 4 members (excludes halogenated alkanes) is 2. The number of hydrogen-bond donors (Lipinski definition) is 1. The summed E-state index contributed by atoms with van der Waals surface area (Å²) in [6.45, 7) is 2.20. The summed E-state index contributed by atoms with van der Waals surface area (Å²) in [4.78, 5) is 14.7. The van der Waals surface area contributed by atoms with Gasteiger partial charge >= 0.3 is 0 Å². The van der Waals surface area contributed by atoms with E-state index in [1.54, 1.807) is 12.3 Å². The van der Waals surface area contributed by atoms with Crippen LogP contribution in [0.3, 0.4) is 0 Å². The minimum absolute atomic E-state index is 0.103. The van der Waals surface area contributed by atoms with Gasteiger partial charge in [0.2, 0.25) is 0 Å². The fourth-order valence-corrected chi connectivity index (χ4v) is 1.95. The van der Waals surface area contributed by atoms with Crippen LogP contribution >= 0.6 is 0 Å². The molecule has 2 rings (SSSR count). The highest BCUT2D eigenvalue weighted by Crippen LogP contribution is 2.12. The Bertz CT molecular complexity index is 527. The van der Waals surface area contributed by atoms with Crippen molar-refractivity contribution >= 4 is 10.9 Å². The van der Waals surface area contributed by atoms with E-state index < -0.39 is 0 Å². The predicted octanol–water partition coefficient (Wildman–Crippen LogP) is 3.26. The van der Waals surface area contributed by atoms with Crippen LogP contribution in [0.4, 0.5) is 0 Å². The number of benzene rings is 1. The lowest BCUT2D eigenvalue weighted by Crippen LogP contribution is -2.00. The Kier molecular flexibility index (Phi) is 3.40. The van der Waals surface area contributed by atoms with Crippen molar-refractivity contribution in [3.63, 3.8) is 0 Å². The molecule has 0 bridgehead atoms. The van der Waals surface area contributed by atoms with Crippen molar-refractivity contribution in [1.82, 2.24) is 4.98 Å². The first-order valence-electron chi connectivity index (χ1n) is 5.91. The van der Waals surface area contributed by atoms with Gasteiger partial charge < -0.3 is 4.98 Å². The molecule has 0 atom stereocenters. The van der Waals surface area contributed by atoms with Crippen molar-refractivity contribution in [2.75, 3.05) is 0 Å². The summed E-state index contributed by atoms with van der Waals surface area (Å²) in [5.41, 5.74) is 2.29. The molecule has 0 fully saturated rings. The highest BCUT2D eigenvalue weighted by Gasteiger charge is 1.99. The molecule has 0 spiro atoms. The number of H-pyrrole nitrogens is 1. The van der Waals surface area contributed by atoms with E-state index in [4.69, 9.17) is 0 Å². The first-order chi connectivity index (χ1) is 7.81. The van der Waals surface area contributed by atoms with E-state index in [-0.39, 0.29) is 5.43 Å². The van der Waals surface area contributed by atoms with E-state index in [1.807, 2.05) is 12.1 Å². The van der Waals surface area contributed by atoms with Crippen molar-refractivity contribution in [3.8, 4) is 0 Å². The van der Waals surface area contributed by atoms with E-state index in [0.717, 1.165) is 17.3 Å². The molecule has 2 heteroatoms. The number of fused-ring (bicyclic) bond motifs is 1. The average molecular weight is 215 g/mol. The number of hydrogen-bond acceptors (Lipinski definition) is 1. The normalized spacial score (nSPS) is 10.8. The molecule has 0 saturated carbocycles. The second-order valence-corrected chi connectivity index (χ2v) is 4.18. The molecule has 2 aromatic rings. The second-order valence-electron chi connectivity index (χ2n) is 4.18. The van der Waals surface area contributed by atoms with Crippen LogP contribution in [-0.4, -0.2) is 4.98 Å². The predicted molar refractivity (Wildman–Crippen MR) is 67.8 cm³/mol. The monoisotopic (exact) mass is 215 g/mol. The van der Waals surface area contributed by atoms with E-state index in [1.165, 1.54) is 24.8 Å². The Morgan fingerprint density at radius 3 is 2.88 bits per heavy atom. The molecule has 0 aliphatic rings. The quantitative estimate of drug-likeness (QED) is 0.780. The Hall–Kier alpha value is -1.57. The lowest BCUT2D eigenvalue weighted by Gasteiger charge is -2.02. The zero-order valence-electron chi connectivity index (χ0n) is 9.62. The van der Waals surface area contributed by atoms with Crippen LogP contribution in [0.2, 0.25) is 0 Å². The first-order valence-corrected chi connectivity index (χ1v) is 5.91. The van der Waals surface area contributed by atoms with Gasteiger partial charge in [-0.1, -0.05) is 25.8 Å². The Balaban J connectivity index is 2.29. The highest BCUT2D eigenvalue weighted by atomic mass is 16.1. The largest absolute Gasteiger partial charge is 0.361 e. The molecule has 84 valence electrons. The molecule has 0 saturated heterocycles. The fourth-order valence-electron chi connectivity index (χ4n) is 1.95. The van der Waals surface area contributed by atoms with E-state index in [9.17, 15) is 4.79 Å². The van der Waals surface area contributed by atoms with Gasteiger partial charge in [0.05, 0.1) is 0 Å². The average Bonchev–Trinajstić information content (AvgIpc) is 2.30. The SMILES string of the molecule is CCCCCc1ccc2[nH]ccc(=O)c2c1. The molecular formula is C14H17NO. The third-order valence-electron chi connectivity index (χ3n) is 2.89. The topological polar surface area (TPSA) is 32.9 Å². The van der Waals surface area contributed by atoms with Crippen molar-refractivity contribution in [3.05, 3.63) is 46.2 Å². The molecule has 0 unspecified atom stereocenters. The van der Waals surface area contributed by atoms with Gasteiger partial charge in [-0.25, -0.2) is 0 Å². The molecule has 0 aliphatic heterocycles. The number of nitrogens with one attached hydrogen (secondary N) is 1. The Labute approximate surface area is 95.3 Å². The molecule has 1 N–H and O–H groups in total. The minimum atomic E-state index is 0.103. The van der Waals surface area contributed by atoms with Crippen LogP contribution < -0.4 is 5.43 Å². The first kappa shape index (κ1) is 10.9. The maximum atomic E-state index is 11.6. The molecule has 1 aromatic carbocycles. The maximum Gasteiger partial charge on any atom is 0.189 e. The van der Waals surface area contributed by atoms with Crippen molar-refractivity contribution < 1.29 is 0 Å². The summed E-state index contributed by atoms with van der Waals surface area (Å²) in [7, 11) is 0. The third kappa shape index (κ3) is 2.32. The number of aromatic amines is 1. The summed E-state index contributed by atoms with van der Waals surface area (Å²) in [5, 5.41) is 0.802. The summed E-state index contributed by atoms with van der Waals surface area (Å²) >= 11 is 0. The van der Waals surface area contributed by atoms with Crippen LogP contribution in [0.15, 0.2) is 35.3 Å². The molecule has 1 heterocycles. The molecule has 2 nitrogen and oxygen atoms in total. The second kappa shape index (κ2) is 4.97. The lowest BCUT2D eigenvalue weighted by atomic mass is 10.0. The number of rotatable bonds is 4. The van der Waals surface area contributed by atoms with Crippen molar-refractivity contribution in [2.24, 2.45) is 0 Å². The van der Waals surface area contributed by atoms with Gasteiger partial charge in [-0.05, 0) is 30.5 Å². The van der Waals surface area contributed by atoms with E-state index in [0.29, 0.717) is 0 Å². The molecule has 0 radical (unpaired) electrons. The van der Waals surface area contributed by atoms with Crippen LogP contribution in [0.5, 0.6) is 0 Å². The Morgan fingerprint density at radius 2 is 2.06 bits per heavy atom. The number of aromatic nitrogens is 1. The lowest BCUT2D eigenvalue weighted by molar-refractivity contribution is 0.718. The van der Waals surface area contributed by atoms with Crippen molar-refractivity contribution in [2.45, 2.75) is 32.6 Å². The van der Waals surface area contributed by atoms with Gasteiger partial charge in [0, 0.05) is 23.2 Å². The number of aryl methyl sites for hydroxylation is 1. The maximum absolute atomic E-state index is 11.6. The smallest absolute Gasteiger partial charge is 0.189 e. The van der Waals surface area contributed by atoms with Crippen LogP contribution in [0.1, 0.15) is 31.7 Å². The molecule has 0 amide bonds. The summed E-state index contributed by atoms with van der Waals surface area (Å²) in [6, 6.07) is 7.70. The number of pyridine rings is 1. The van der Waals surface area contributed by atoms with Crippen LogP contribution in [0.25, 0.3) is 10.9 Å². The Morgan fingerprint density at radius 1 is 1.19 bits per heavy atom. The van der Waals surface area contributed by atoms with Gasteiger partial charge in [0.1, 0.15) is 0 Å². The summed E-state index contributed by atoms with van der Waals surface area (Å²) in [6.07, 6.45) is 6.45. The van der Waals surface area contributed by atoms with Crippen LogP contribution in [0, 0.1) is 0 Å². The standard InChI is InChI=1S/C14H17NO/c1-2-3-4-5-11-6-7-13-12(10-11)14(16)8-9-15-13/h6-10H,2-5H2,1H3,(H,15,16). The zero-order chi connectivity index (χ0) is 11.4. The minimum Gasteiger partial charge on any atom is -0.361 e. The van der Waals surface area contributed by atoms with E-state index >= 15 is 0 Å². The molecule has 16 heavy (non-hydrogen) atoms. The summed E-state index contributed by atoms with van der Waals surface area (Å²) < 4.78 is 0. The van der Waals surface area contributed by atoms with Crippen LogP contribution in [-0.2, 0) is 6.42 Å². The van der Waals surface area contributed by atoms with Gasteiger partial charge in [0.25, 0.3) is 0 Å². The van der Waals surface area contributed by atoms with Gasteiger partial charge in [-0.2, -0.15) is 0 Å². The van der Waals surface area contributed by atoms with E-state index in [2.05, 4.69) is 18.0 Å². The van der Waals surface area contributed by atoms with Gasteiger partial charge in [0.15, 0.2) is 5.43 Å². The zero-order valence-corrected chi connectivity index (χ0v) is 9.62. The van der Waals surface area contributed by atoms with Gasteiger partial charge in [-0.3, -0.25) is 4.79 Å². The van der Waals surface area contributed by atoms with Gasteiger partial charge in [-0.15, -0.1) is 0 Å². The fraction of sp³-hybridized carbons (Fsp3) is 0.357. The molecule has 1 aromatic heterocycles. The summed E-state index contributed by atoms with van der Waals surface area (Å²) in [5.74, 6) is 0. The molecular weight excluding hydrogens is 198 g/mol. The van der Waals surface area contributed by atoms with Crippen molar-refractivity contribution in [1.29, 1.82) is 0 Å².